The van der Waals surface area contributed by atoms with Crippen molar-refractivity contribution in [1.82, 2.24) is 0 Å². The van der Waals surface area contributed by atoms with Crippen molar-refractivity contribution in [3.05, 3.63) is 53.6 Å². The van der Waals surface area contributed by atoms with Gasteiger partial charge in [0.25, 0.3) is 0 Å². The van der Waals surface area contributed by atoms with Gasteiger partial charge in [0.15, 0.2) is 5.78 Å². The van der Waals surface area contributed by atoms with Crippen LogP contribution in [0.25, 0.3) is 6.08 Å². The molecule has 0 radical (unpaired) electrons. The van der Waals surface area contributed by atoms with Gasteiger partial charge < -0.3 is 0 Å². The zero-order valence-electron chi connectivity index (χ0n) is 11.0. The molecule has 0 aliphatic rings. The van der Waals surface area contributed by atoms with Gasteiger partial charge in [0, 0.05) is 5.41 Å². The number of benzene rings is 1. The monoisotopic (exact) mass is 239 g/mol. The van der Waals surface area contributed by atoms with Gasteiger partial charge in [-0.2, -0.15) is 5.26 Å². The van der Waals surface area contributed by atoms with Gasteiger partial charge in [0.2, 0.25) is 0 Å². The predicted octanol–water partition coefficient (Wildman–Crippen LogP) is 3.76. The van der Waals surface area contributed by atoms with E-state index in [0.717, 1.165) is 5.56 Å². The molecular formula is C16H17NO. The Bertz CT molecular complexity index is 510. The van der Waals surface area contributed by atoms with Crippen LogP contribution in [0, 0.1) is 16.7 Å². The van der Waals surface area contributed by atoms with Crippen LogP contribution in [0.2, 0.25) is 0 Å². The minimum Gasteiger partial charge on any atom is -0.293 e. The second-order valence-electron chi connectivity index (χ2n) is 5.04. The average molecular weight is 239 g/mol. The van der Waals surface area contributed by atoms with Gasteiger partial charge in [-0.15, -0.1) is 0 Å². The predicted molar refractivity (Wildman–Crippen MR) is 73.6 cm³/mol. The summed E-state index contributed by atoms with van der Waals surface area (Å²) < 4.78 is 0. The molecule has 0 saturated heterocycles. The number of hydrogen-bond acceptors (Lipinski definition) is 2. The Labute approximate surface area is 108 Å². The number of ketones is 1. The highest BCUT2D eigenvalue weighted by molar-refractivity contribution is 6.02. The zero-order valence-corrected chi connectivity index (χ0v) is 11.0. The molecule has 0 amide bonds. The minimum absolute atomic E-state index is 0.136. The third kappa shape index (κ3) is 4.03. The standard InChI is InChI=1S/C16H17NO/c1-16(2,3)15(18)14(12-17)11-7-10-13-8-5-4-6-9-13/h4-11H,1-3H3. The van der Waals surface area contributed by atoms with E-state index in [9.17, 15) is 4.79 Å². The van der Waals surface area contributed by atoms with Crippen molar-refractivity contribution in [2.45, 2.75) is 20.8 Å². The van der Waals surface area contributed by atoms with Gasteiger partial charge in [0.1, 0.15) is 6.07 Å². The van der Waals surface area contributed by atoms with Crippen LogP contribution in [0.1, 0.15) is 26.3 Å². The first kappa shape index (κ1) is 13.9. The van der Waals surface area contributed by atoms with Crippen molar-refractivity contribution in [2.24, 2.45) is 5.41 Å². The molecule has 0 aliphatic carbocycles. The van der Waals surface area contributed by atoms with E-state index in [-0.39, 0.29) is 11.4 Å². The zero-order chi connectivity index (χ0) is 13.6. The van der Waals surface area contributed by atoms with Gasteiger partial charge in [-0.3, -0.25) is 4.79 Å². The van der Waals surface area contributed by atoms with Crippen LogP contribution in [0.5, 0.6) is 0 Å². The van der Waals surface area contributed by atoms with Crippen molar-refractivity contribution in [3.8, 4) is 6.07 Å². The number of nitriles is 1. The number of nitrogens with zero attached hydrogens (tertiary/aromatic N) is 1. The molecule has 0 N–H and O–H groups in total. The average Bonchev–Trinajstić information content (AvgIpc) is 2.34. The number of carbonyl (C=O) groups excluding carboxylic acids is 1. The topological polar surface area (TPSA) is 40.9 Å². The summed E-state index contributed by atoms with van der Waals surface area (Å²) in [6, 6.07) is 11.7. The van der Waals surface area contributed by atoms with Crippen molar-refractivity contribution < 1.29 is 4.79 Å². The first-order valence-electron chi connectivity index (χ1n) is 5.83. The van der Waals surface area contributed by atoms with Crippen molar-refractivity contribution in [2.75, 3.05) is 0 Å². The maximum atomic E-state index is 11.9. The Kier molecular flexibility index (Phi) is 4.62. The van der Waals surface area contributed by atoms with Gasteiger partial charge in [-0.05, 0) is 11.6 Å². The Balaban J connectivity index is 2.86. The molecule has 0 atom stereocenters. The highest BCUT2D eigenvalue weighted by Crippen LogP contribution is 2.19. The van der Waals surface area contributed by atoms with Crippen LogP contribution in [0.3, 0.4) is 0 Å². The fourth-order valence-electron chi connectivity index (χ4n) is 1.39. The van der Waals surface area contributed by atoms with E-state index in [0.29, 0.717) is 0 Å². The van der Waals surface area contributed by atoms with Crippen LogP contribution in [-0.4, -0.2) is 5.78 Å². The molecule has 1 aromatic carbocycles. The summed E-state index contributed by atoms with van der Waals surface area (Å²) in [5.41, 5.74) is 0.700. The number of carbonyl (C=O) groups is 1. The van der Waals surface area contributed by atoms with Crippen LogP contribution >= 0.6 is 0 Å². The van der Waals surface area contributed by atoms with E-state index < -0.39 is 5.41 Å². The number of allylic oxidation sites excluding steroid dienone is 3. The van der Waals surface area contributed by atoms with Crippen LogP contribution < -0.4 is 0 Å². The minimum atomic E-state index is -0.526. The first-order chi connectivity index (χ1) is 8.45. The maximum Gasteiger partial charge on any atom is 0.178 e. The molecule has 1 rings (SSSR count). The lowest BCUT2D eigenvalue weighted by Gasteiger charge is -2.14. The molecular weight excluding hydrogens is 222 g/mol. The van der Waals surface area contributed by atoms with E-state index in [2.05, 4.69) is 0 Å². The van der Waals surface area contributed by atoms with Crippen molar-refractivity contribution in [3.63, 3.8) is 0 Å². The fraction of sp³-hybridized carbons (Fsp3) is 0.250. The summed E-state index contributed by atoms with van der Waals surface area (Å²) in [7, 11) is 0. The third-order valence-electron chi connectivity index (χ3n) is 2.40. The lowest BCUT2D eigenvalue weighted by molar-refractivity contribution is -0.122. The summed E-state index contributed by atoms with van der Waals surface area (Å²) in [5.74, 6) is -0.136. The van der Waals surface area contributed by atoms with E-state index in [1.807, 2.05) is 42.5 Å². The first-order valence-corrected chi connectivity index (χ1v) is 5.83. The van der Waals surface area contributed by atoms with Gasteiger partial charge in [-0.25, -0.2) is 0 Å². The SMILES string of the molecule is CC(C)(C)C(=O)C(C#N)=CC=Cc1ccccc1. The number of rotatable bonds is 3. The second kappa shape index (κ2) is 5.97. The van der Waals surface area contributed by atoms with E-state index in [1.54, 1.807) is 32.9 Å². The van der Waals surface area contributed by atoms with E-state index >= 15 is 0 Å². The summed E-state index contributed by atoms with van der Waals surface area (Å²) >= 11 is 0. The lowest BCUT2D eigenvalue weighted by Crippen LogP contribution is -2.21. The molecule has 0 saturated carbocycles. The largest absolute Gasteiger partial charge is 0.293 e. The quantitative estimate of drug-likeness (QED) is 0.457. The molecule has 2 heteroatoms. The Morgan fingerprint density at radius 2 is 1.83 bits per heavy atom. The highest BCUT2D eigenvalue weighted by Gasteiger charge is 2.24. The van der Waals surface area contributed by atoms with Gasteiger partial charge >= 0.3 is 0 Å². The summed E-state index contributed by atoms with van der Waals surface area (Å²) in [4.78, 5) is 11.9. The van der Waals surface area contributed by atoms with E-state index in [1.165, 1.54) is 0 Å². The lowest BCUT2D eigenvalue weighted by atomic mass is 9.86. The van der Waals surface area contributed by atoms with Gasteiger partial charge in [-0.1, -0.05) is 63.3 Å². The summed E-state index contributed by atoms with van der Waals surface area (Å²) in [5, 5.41) is 8.98. The summed E-state index contributed by atoms with van der Waals surface area (Å²) in [6.45, 7) is 5.42. The molecule has 0 aromatic heterocycles. The van der Waals surface area contributed by atoms with Crippen molar-refractivity contribution >= 4 is 11.9 Å². The van der Waals surface area contributed by atoms with Crippen LogP contribution in [0.4, 0.5) is 0 Å². The van der Waals surface area contributed by atoms with Crippen LogP contribution in [-0.2, 0) is 4.79 Å². The molecule has 92 valence electrons. The fourth-order valence-corrected chi connectivity index (χ4v) is 1.39. The molecule has 0 fully saturated rings. The second-order valence-corrected chi connectivity index (χ2v) is 5.04. The van der Waals surface area contributed by atoms with Gasteiger partial charge in [0.05, 0.1) is 5.57 Å². The highest BCUT2D eigenvalue weighted by atomic mass is 16.1. The van der Waals surface area contributed by atoms with E-state index in [4.69, 9.17) is 5.26 Å². The molecule has 0 heterocycles. The Morgan fingerprint density at radius 3 is 2.33 bits per heavy atom. The molecule has 0 bridgehead atoms. The molecule has 0 aliphatic heterocycles. The molecule has 18 heavy (non-hydrogen) atoms. The third-order valence-corrected chi connectivity index (χ3v) is 2.40. The smallest absolute Gasteiger partial charge is 0.178 e. The molecule has 1 aromatic rings. The molecule has 0 spiro atoms. The molecule has 2 nitrogen and oxygen atoms in total. The van der Waals surface area contributed by atoms with Crippen molar-refractivity contribution in [1.29, 1.82) is 5.26 Å². The number of Topliss-reactive ketones (excluding diaryl/α,β-unsaturated/α-hetero) is 1. The summed E-state index contributed by atoms with van der Waals surface area (Å²) in [6.07, 6.45) is 5.17. The maximum absolute atomic E-state index is 11.9. The molecule has 0 unspecified atom stereocenters. The Hall–Kier alpha value is -2.14. The van der Waals surface area contributed by atoms with Crippen LogP contribution in [0.15, 0.2) is 48.1 Å². The Morgan fingerprint density at radius 1 is 1.22 bits per heavy atom. The normalized spacial score (nSPS) is 12.4. The number of hydrogen-bond donors (Lipinski definition) is 0.